The molecule has 7 nitrogen and oxygen atoms in total. The molecule has 0 fully saturated rings. The molecule has 0 aliphatic heterocycles. The molecule has 35 heavy (non-hydrogen) atoms. The molecule has 1 amide bonds. The third-order valence-electron chi connectivity index (χ3n) is 5.58. The molecule has 0 saturated heterocycles. The Bertz CT molecular complexity index is 1400. The van der Waals surface area contributed by atoms with Gasteiger partial charge < -0.3 is 4.42 Å². The summed E-state index contributed by atoms with van der Waals surface area (Å²) in [7, 11) is -3.63. The molecule has 2 aromatic carbocycles. The van der Waals surface area contributed by atoms with Crippen molar-refractivity contribution in [2.24, 2.45) is 0 Å². The van der Waals surface area contributed by atoms with Crippen molar-refractivity contribution in [2.75, 3.05) is 18.0 Å². The van der Waals surface area contributed by atoms with E-state index in [-0.39, 0.29) is 17.3 Å². The zero-order valence-corrected chi connectivity index (χ0v) is 21.9. The molecule has 2 aromatic heterocycles. The van der Waals surface area contributed by atoms with Crippen molar-refractivity contribution in [2.45, 2.75) is 38.1 Å². The Morgan fingerprint density at radius 2 is 1.86 bits per heavy atom. The number of nitrogens with zero attached hydrogens (tertiary/aromatic N) is 3. The normalized spacial score (nSPS) is 11.9. The van der Waals surface area contributed by atoms with Crippen molar-refractivity contribution in [3.8, 4) is 0 Å². The lowest BCUT2D eigenvalue weighted by atomic mass is 10.2. The fourth-order valence-electron chi connectivity index (χ4n) is 3.66. The second-order valence-corrected chi connectivity index (χ2v) is 11.3. The van der Waals surface area contributed by atoms with E-state index in [0.717, 1.165) is 17.5 Å². The van der Waals surface area contributed by atoms with Crippen molar-refractivity contribution in [3.63, 3.8) is 0 Å². The minimum Gasteiger partial charge on any atom is -0.467 e. The van der Waals surface area contributed by atoms with Crippen molar-refractivity contribution in [1.29, 1.82) is 0 Å². The summed E-state index contributed by atoms with van der Waals surface area (Å²) in [6, 6.07) is 15.1. The van der Waals surface area contributed by atoms with Crippen LogP contribution in [-0.4, -0.2) is 36.7 Å². The molecular formula is C25H26ClN3O4S2. The van der Waals surface area contributed by atoms with Gasteiger partial charge in [0.2, 0.25) is 10.0 Å². The second-order valence-electron chi connectivity index (χ2n) is 7.93. The smallest absolute Gasteiger partial charge is 0.260 e. The number of thiazole rings is 1. The molecule has 0 bridgehead atoms. The van der Waals surface area contributed by atoms with Crippen molar-refractivity contribution >= 4 is 54.2 Å². The van der Waals surface area contributed by atoms with Gasteiger partial charge in [-0.15, -0.1) is 0 Å². The van der Waals surface area contributed by atoms with E-state index in [1.165, 1.54) is 44.8 Å². The van der Waals surface area contributed by atoms with E-state index in [9.17, 15) is 13.2 Å². The highest BCUT2D eigenvalue weighted by molar-refractivity contribution is 7.89. The van der Waals surface area contributed by atoms with Gasteiger partial charge in [-0.2, -0.15) is 4.31 Å². The molecule has 0 spiro atoms. The number of halogens is 1. The number of benzene rings is 2. The molecule has 0 aliphatic carbocycles. The van der Waals surface area contributed by atoms with Gasteiger partial charge in [-0.3, -0.25) is 9.69 Å². The summed E-state index contributed by atoms with van der Waals surface area (Å²) >= 11 is 7.66. The Labute approximate surface area is 214 Å². The highest BCUT2D eigenvalue weighted by atomic mass is 35.5. The minimum absolute atomic E-state index is 0.163. The van der Waals surface area contributed by atoms with E-state index < -0.39 is 10.0 Å². The summed E-state index contributed by atoms with van der Waals surface area (Å²) in [4.78, 5) is 19.9. The number of hydrogen-bond donors (Lipinski definition) is 0. The van der Waals surface area contributed by atoms with Crippen LogP contribution in [0.2, 0.25) is 5.02 Å². The van der Waals surface area contributed by atoms with Crippen LogP contribution >= 0.6 is 22.9 Å². The van der Waals surface area contributed by atoms with Crippen LogP contribution in [-0.2, 0) is 16.6 Å². The number of anilines is 1. The lowest BCUT2D eigenvalue weighted by Gasteiger charge is -2.21. The molecule has 0 N–H and O–H groups in total. The van der Waals surface area contributed by atoms with Gasteiger partial charge in [0, 0.05) is 18.7 Å². The first-order valence-corrected chi connectivity index (χ1v) is 14.0. The van der Waals surface area contributed by atoms with Gasteiger partial charge in [0.1, 0.15) is 11.3 Å². The number of rotatable bonds is 10. The van der Waals surface area contributed by atoms with Crippen LogP contribution in [0.5, 0.6) is 0 Å². The number of hydrogen-bond acceptors (Lipinski definition) is 6. The molecule has 2 heterocycles. The zero-order valence-electron chi connectivity index (χ0n) is 19.5. The summed E-state index contributed by atoms with van der Waals surface area (Å²) < 4.78 is 33.9. The van der Waals surface area contributed by atoms with Crippen LogP contribution in [0.3, 0.4) is 0 Å². The highest BCUT2D eigenvalue weighted by Gasteiger charge is 2.26. The molecule has 0 unspecified atom stereocenters. The summed E-state index contributed by atoms with van der Waals surface area (Å²) in [6.45, 7) is 4.87. The van der Waals surface area contributed by atoms with Gasteiger partial charge in [0.05, 0.1) is 27.4 Å². The van der Waals surface area contributed by atoms with Gasteiger partial charge in [-0.05, 0) is 55.0 Å². The Kier molecular flexibility index (Phi) is 7.91. The van der Waals surface area contributed by atoms with Gasteiger partial charge in [-0.25, -0.2) is 13.4 Å². The topological polar surface area (TPSA) is 83.7 Å². The van der Waals surface area contributed by atoms with Crippen LogP contribution in [0.15, 0.2) is 70.2 Å². The quantitative estimate of drug-likeness (QED) is 0.243. The Balaban J connectivity index is 1.66. The molecule has 0 aliphatic rings. The zero-order chi connectivity index (χ0) is 25.0. The molecule has 4 rings (SSSR count). The fraction of sp³-hybridized carbons (Fsp3) is 0.280. The maximum absolute atomic E-state index is 13.6. The standard InChI is InChI=1S/C25H26ClN3O4S2/c1-3-5-15-28(4-2)35(31,32)20-13-11-18(12-14-20)24(30)29(17-19-8-7-16-33-19)25-27-23-21(26)9-6-10-22(23)34-25/h6-14,16H,3-5,15,17H2,1-2H3. The Morgan fingerprint density at radius 1 is 1.09 bits per heavy atom. The molecule has 0 saturated carbocycles. The number of carbonyl (C=O) groups excluding carboxylic acids is 1. The van der Waals surface area contributed by atoms with Crippen LogP contribution < -0.4 is 4.90 Å². The average molecular weight is 532 g/mol. The van der Waals surface area contributed by atoms with Crippen molar-refractivity contribution < 1.29 is 17.6 Å². The summed E-state index contributed by atoms with van der Waals surface area (Å²) in [5.74, 6) is 0.274. The van der Waals surface area contributed by atoms with E-state index in [0.29, 0.717) is 40.1 Å². The fourth-order valence-corrected chi connectivity index (χ4v) is 6.41. The molecule has 4 aromatic rings. The number of aromatic nitrogens is 1. The summed E-state index contributed by atoms with van der Waals surface area (Å²) in [6.07, 6.45) is 3.24. The van der Waals surface area contributed by atoms with Crippen molar-refractivity contribution in [1.82, 2.24) is 9.29 Å². The number of unbranched alkanes of at least 4 members (excludes halogenated alkanes) is 1. The SMILES string of the molecule is CCCCN(CC)S(=O)(=O)c1ccc(C(=O)N(Cc2ccco2)c2nc3c(Cl)cccc3s2)cc1. The van der Waals surface area contributed by atoms with Gasteiger partial charge in [-0.1, -0.05) is 49.3 Å². The third kappa shape index (κ3) is 5.43. The van der Waals surface area contributed by atoms with Crippen molar-refractivity contribution in [3.05, 3.63) is 77.2 Å². The highest BCUT2D eigenvalue weighted by Crippen LogP contribution is 2.34. The molecule has 0 radical (unpaired) electrons. The lowest BCUT2D eigenvalue weighted by Crippen LogP contribution is -2.32. The molecule has 10 heteroatoms. The Morgan fingerprint density at radius 3 is 2.49 bits per heavy atom. The number of sulfonamides is 1. The van der Waals surface area contributed by atoms with Crippen LogP contribution in [0, 0.1) is 0 Å². The van der Waals surface area contributed by atoms with Gasteiger partial charge in [0.25, 0.3) is 5.91 Å². The number of furan rings is 1. The number of amides is 1. The van der Waals surface area contributed by atoms with Crippen LogP contribution in [0.1, 0.15) is 42.8 Å². The first-order chi connectivity index (χ1) is 16.8. The number of fused-ring (bicyclic) bond motifs is 1. The monoisotopic (exact) mass is 531 g/mol. The second kappa shape index (κ2) is 10.9. The van der Waals surface area contributed by atoms with E-state index >= 15 is 0 Å². The number of carbonyl (C=O) groups is 1. The van der Waals surface area contributed by atoms with E-state index in [2.05, 4.69) is 4.98 Å². The summed E-state index contributed by atoms with van der Waals surface area (Å²) in [5.41, 5.74) is 0.969. The van der Waals surface area contributed by atoms with Gasteiger partial charge >= 0.3 is 0 Å². The predicted octanol–water partition coefficient (Wildman–Crippen LogP) is 6.20. The molecular weight excluding hydrogens is 506 g/mol. The summed E-state index contributed by atoms with van der Waals surface area (Å²) in [5, 5.41) is 0.983. The third-order valence-corrected chi connectivity index (χ3v) is 8.92. The minimum atomic E-state index is -3.63. The predicted molar refractivity (Wildman–Crippen MR) is 140 cm³/mol. The maximum atomic E-state index is 13.6. The van der Waals surface area contributed by atoms with Crippen LogP contribution in [0.25, 0.3) is 10.2 Å². The first kappa shape index (κ1) is 25.4. The first-order valence-electron chi connectivity index (χ1n) is 11.3. The molecule has 0 atom stereocenters. The van der Waals surface area contributed by atoms with Gasteiger partial charge in [0.15, 0.2) is 5.13 Å². The van der Waals surface area contributed by atoms with E-state index in [1.54, 1.807) is 24.5 Å². The Hall–Kier alpha value is -2.72. The largest absolute Gasteiger partial charge is 0.467 e. The molecule has 184 valence electrons. The van der Waals surface area contributed by atoms with E-state index in [4.69, 9.17) is 16.0 Å². The average Bonchev–Trinajstić information content (AvgIpc) is 3.53. The lowest BCUT2D eigenvalue weighted by molar-refractivity contribution is 0.0983. The maximum Gasteiger partial charge on any atom is 0.260 e. The number of para-hydroxylation sites is 1. The van der Waals surface area contributed by atoms with Crippen LogP contribution in [0.4, 0.5) is 5.13 Å². The van der Waals surface area contributed by atoms with E-state index in [1.807, 2.05) is 26.0 Å².